The van der Waals surface area contributed by atoms with Crippen molar-refractivity contribution < 1.29 is 0 Å². The van der Waals surface area contributed by atoms with Crippen LogP contribution in [0.15, 0.2) is 89.9 Å². The fourth-order valence-electron chi connectivity index (χ4n) is 5.07. The number of hydrogen-bond acceptors (Lipinski definition) is 4. The Morgan fingerprint density at radius 3 is 1.83 bits per heavy atom. The molecule has 0 radical (unpaired) electrons. The molecule has 170 valence electrons. The zero-order chi connectivity index (χ0) is 24.8. The van der Waals surface area contributed by atoms with Gasteiger partial charge in [0.05, 0.1) is 10.9 Å². The molecule has 1 heterocycles. The molecule has 5 aromatic carbocycles. The van der Waals surface area contributed by atoms with Crippen molar-refractivity contribution in [3.8, 4) is 23.3 Å². The lowest BCUT2D eigenvalue weighted by molar-refractivity contribution is 0.942. The first-order valence-electron chi connectivity index (χ1n) is 11.8. The van der Waals surface area contributed by atoms with Gasteiger partial charge in [0.15, 0.2) is 5.71 Å². The van der Waals surface area contributed by atoms with Crippen molar-refractivity contribution in [1.82, 2.24) is 0 Å². The van der Waals surface area contributed by atoms with Crippen LogP contribution in [0, 0.1) is 29.6 Å². The van der Waals surface area contributed by atoms with Gasteiger partial charge >= 0.3 is 0 Å². The minimum Gasteiger partial charge on any atom is -0.254 e. The lowest BCUT2D eigenvalue weighted by atomic mass is 9.92. The maximum Gasteiger partial charge on any atom is 0.154 e. The summed E-state index contributed by atoms with van der Waals surface area (Å²) in [6.45, 7) is 3.73. The molecule has 6 rings (SSSR count). The minimum atomic E-state index is -0.552. The molecule has 1 atom stereocenters. The molecule has 1 aromatic heterocycles. The van der Waals surface area contributed by atoms with E-state index in [1.807, 2.05) is 6.92 Å². The highest BCUT2D eigenvalue weighted by atomic mass is 32.1. The van der Waals surface area contributed by atoms with Crippen molar-refractivity contribution in [2.75, 3.05) is 0 Å². The third-order valence-electron chi connectivity index (χ3n) is 6.84. The maximum atomic E-state index is 9.68. The molecule has 0 aliphatic carbocycles. The predicted molar refractivity (Wildman–Crippen MR) is 152 cm³/mol. The summed E-state index contributed by atoms with van der Waals surface area (Å²) >= 11 is 1.56. The van der Waals surface area contributed by atoms with E-state index in [-0.39, 0.29) is 0 Å². The normalized spacial score (nSPS) is 12.7. The molecule has 0 N–H and O–H groups in total. The number of fused-ring (bicyclic) bond motifs is 7. The molecular formula is C32H21N3S. The molecule has 0 amide bonds. The summed E-state index contributed by atoms with van der Waals surface area (Å²) in [5.74, 6) is 0. The quantitative estimate of drug-likeness (QED) is 0.188. The topological polar surface area (TPSA) is 59.9 Å². The first-order valence-corrected chi connectivity index (χ1v) is 12.7. The van der Waals surface area contributed by atoms with E-state index in [9.17, 15) is 5.26 Å². The third-order valence-corrected chi connectivity index (χ3v) is 8.12. The van der Waals surface area contributed by atoms with E-state index >= 15 is 0 Å². The maximum absolute atomic E-state index is 9.68. The second-order valence-corrected chi connectivity index (χ2v) is 10.1. The summed E-state index contributed by atoms with van der Waals surface area (Å²) in [5.41, 5.74) is 3.65. The highest BCUT2D eigenvalue weighted by Gasteiger charge is 2.16. The molecule has 3 nitrogen and oxygen atoms in total. The predicted octanol–water partition coefficient (Wildman–Crippen LogP) is 8.56. The van der Waals surface area contributed by atoms with Crippen molar-refractivity contribution in [3.05, 3.63) is 95.4 Å². The summed E-state index contributed by atoms with van der Waals surface area (Å²) < 4.78 is 1.11. The van der Waals surface area contributed by atoms with Crippen molar-refractivity contribution in [2.24, 2.45) is 4.99 Å². The van der Waals surface area contributed by atoms with Crippen LogP contribution in [0.4, 0.5) is 0 Å². The van der Waals surface area contributed by atoms with Crippen molar-refractivity contribution in [3.63, 3.8) is 0 Å². The molecule has 36 heavy (non-hydrogen) atoms. The molecule has 0 saturated heterocycles. The van der Waals surface area contributed by atoms with E-state index in [2.05, 4.69) is 102 Å². The van der Waals surface area contributed by atoms with Gasteiger partial charge in [0.25, 0.3) is 0 Å². The standard InChI is InChI=1S/C32H21N3S/c1-19(17-33)35-30(18-34)32-20(2)28-15-22(12-14-31(28)36-32)21-11-13-27-25-9-4-3-7-23(25)24-8-5-6-10-26(24)29(27)16-21/h3-16,19H,1-2H3. The van der Waals surface area contributed by atoms with Gasteiger partial charge in [-0.25, -0.2) is 0 Å². The van der Waals surface area contributed by atoms with Crippen LogP contribution in [0.1, 0.15) is 17.4 Å². The van der Waals surface area contributed by atoms with E-state index in [4.69, 9.17) is 5.26 Å². The second kappa shape index (κ2) is 8.61. The van der Waals surface area contributed by atoms with Crippen molar-refractivity contribution in [1.29, 1.82) is 10.5 Å². The fourth-order valence-corrected chi connectivity index (χ4v) is 6.21. The summed E-state index contributed by atoms with van der Waals surface area (Å²) in [6.07, 6.45) is 0. The van der Waals surface area contributed by atoms with Gasteiger partial charge < -0.3 is 0 Å². The van der Waals surface area contributed by atoms with Crippen LogP contribution < -0.4 is 0 Å². The number of hydrogen-bond donors (Lipinski definition) is 0. The van der Waals surface area contributed by atoms with Crippen LogP contribution in [0.2, 0.25) is 0 Å². The number of nitriles is 2. The summed E-state index contributed by atoms with van der Waals surface area (Å²) in [6, 6.07) is 34.2. The average Bonchev–Trinajstić information content (AvgIpc) is 3.26. The SMILES string of the molecule is Cc1c(C(C#N)=NC(C)C#N)sc2ccc(-c3ccc4c5ccccc5c5ccccc5c4c3)cc12. The van der Waals surface area contributed by atoms with Crippen LogP contribution >= 0.6 is 11.3 Å². The van der Waals surface area contributed by atoms with Crippen molar-refractivity contribution in [2.45, 2.75) is 19.9 Å². The van der Waals surface area contributed by atoms with Crippen LogP contribution in [-0.4, -0.2) is 11.8 Å². The summed E-state index contributed by atoms with van der Waals surface area (Å²) in [7, 11) is 0. The lowest BCUT2D eigenvalue weighted by Gasteiger charge is -2.12. The Labute approximate surface area is 213 Å². The van der Waals surface area contributed by atoms with Gasteiger partial charge in [0, 0.05) is 4.70 Å². The van der Waals surface area contributed by atoms with E-state index in [0.29, 0.717) is 5.71 Å². The Balaban J connectivity index is 1.55. The largest absolute Gasteiger partial charge is 0.254 e. The molecule has 0 bridgehead atoms. The van der Waals surface area contributed by atoms with Crippen LogP contribution in [-0.2, 0) is 0 Å². The van der Waals surface area contributed by atoms with Gasteiger partial charge in [0.2, 0.25) is 0 Å². The van der Waals surface area contributed by atoms with E-state index < -0.39 is 6.04 Å². The molecule has 4 heteroatoms. The van der Waals surface area contributed by atoms with Crippen LogP contribution in [0.25, 0.3) is 53.5 Å². The lowest BCUT2D eigenvalue weighted by Crippen LogP contribution is -2.02. The Kier molecular flexibility index (Phi) is 5.26. The Morgan fingerprint density at radius 2 is 1.25 bits per heavy atom. The van der Waals surface area contributed by atoms with Gasteiger partial charge in [-0.1, -0.05) is 66.7 Å². The molecule has 0 aliphatic heterocycles. The highest BCUT2D eigenvalue weighted by Crippen LogP contribution is 2.39. The van der Waals surface area contributed by atoms with E-state index in [1.54, 1.807) is 18.3 Å². The Hall–Kier alpha value is -4.51. The number of rotatable bonds is 3. The molecule has 0 spiro atoms. The Bertz CT molecular complexity index is 1910. The van der Waals surface area contributed by atoms with Crippen LogP contribution in [0.3, 0.4) is 0 Å². The zero-order valence-corrected chi connectivity index (χ0v) is 20.7. The number of nitrogens with zero attached hydrogens (tertiary/aromatic N) is 3. The molecule has 1 unspecified atom stereocenters. The van der Waals surface area contributed by atoms with E-state index in [1.165, 1.54) is 32.3 Å². The van der Waals surface area contributed by atoms with Gasteiger partial charge in [-0.05, 0) is 86.4 Å². The Morgan fingerprint density at radius 1 is 0.722 bits per heavy atom. The summed E-state index contributed by atoms with van der Waals surface area (Å²) in [5, 5.41) is 27.5. The third kappa shape index (κ3) is 3.43. The minimum absolute atomic E-state index is 0.327. The molecule has 6 aromatic rings. The van der Waals surface area contributed by atoms with Gasteiger partial charge in [0.1, 0.15) is 12.1 Å². The number of aryl methyl sites for hydroxylation is 1. The molecule has 0 fully saturated rings. The molecule has 0 saturated carbocycles. The number of aliphatic imine (C=N–C) groups is 1. The van der Waals surface area contributed by atoms with Gasteiger partial charge in [-0.3, -0.25) is 4.99 Å². The zero-order valence-electron chi connectivity index (χ0n) is 19.9. The number of thiophene rings is 1. The van der Waals surface area contributed by atoms with Gasteiger partial charge in [-0.2, -0.15) is 10.5 Å². The fraction of sp³-hybridized carbons (Fsp3) is 0.0938. The van der Waals surface area contributed by atoms with Crippen molar-refractivity contribution >= 4 is 59.5 Å². The molecule has 0 aliphatic rings. The van der Waals surface area contributed by atoms with E-state index in [0.717, 1.165) is 31.7 Å². The number of benzene rings is 5. The van der Waals surface area contributed by atoms with Gasteiger partial charge in [-0.15, -0.1) is 11.3 Å². The average molecular weight is 480 g/mol. The highest BCUT2D eigenvalue weighted by molar-refractivity contribution is 7.21. The summed E-state index contributed by atoms with van der Waals surface area (Å²) in [4.78, 5) is 5.15. The first-order chi connectivity index (χ1) is 17.6. The van der Waals surface area contributed by atoms with Crippen LogP contribution in [0.5, 0.6) is 0 Å². The first kappa shape index (κ1) is 22.0. The smallest absolute Gasteiger partial charge is 0.154 e. The second-order valence-electron chi connectivity index (χ2n) is 9.01. The monoisotopic (exact) mass is 479 g/mol. The molecular weight excluding hydrogens is 458 g/mol.